The number of aromatic nitrogens is 1. The van der Waals surface area contributed by atoms with Crippen LogP contribution in [-0.4, -0.2) is 24.0 Å². The molecule has 18 heavy (non-hydrogen) atoms. The van der Waals surface area contributed by atoms with Crippen LogP contribution in [0.2, 0.25) is 0 Å². The lowest BCUT2D eigenvalue weighted by Crippen LogP contribution is -2.33. The van der Waals surface area contributed by atoms with E-state index in [0.717, 1.165) is 43.1 Å². The molecule has 1 aromatic heterocycles. The highest BCUT2D eigenvalue weighted by molar-refractivity contribution is 7.09. The monoisotopic (exact) mass is 265 g/mol. The van der Waals surface area contributed by atoms with Crippen LogP contribution in [0.3, 0.4) is 0 Å². The number of carbonyl (C=O) groups is 1. The fourth-order valence-corrected chi connectivity index (χ4v) is 3.68. The third-order valence-electron chi connectivity index (χ3n) is 4.19. The number of hydrogen-bond donors (Lipinski definition) is 2. The van der Waals surface area contributed by atoms with Gasteiger partial charge in [-0.05, 0) is 44.7 Å². The second-order valence-electron chi connectivity index (χ2n) is 5.47. The normalized spacial score (nSPS) is 25.1. The Kier molecular flexibility index (Phi) is 3.11. The zero-order valence-electron chi connectivity index (χ0n) is 10.7. The second kappa shape index (κ2) is 4.63. The number of carbonyl (C=O) groups excluding carboxylic acids is 1. The van der Waals surface area contributed by atoms with Gasteiger partial charge in [0.25, 0.3) is 0 Å². The van der Waals surface area contributed by atoms with Crippen LogP contribution < -0.4 is 10.6 Å². The van der Waals surface area contributed by atoms with Crippen LogP contribution >= 0.6 is 11.3 Å². The molecule has 5 heteroatoms. The fourth-order valence-electron chi connectivity index (χ4n) is 2.97. The Morgan fingerprint density at radius 2 is 2.39 bits per heavy atom. The maximum atomic E-state index is 12.1. The van der Waals surface area contributed by atoms with Gasteiger partial charge in [-0.2, -0.15) is 0 Å². The minimum Gasteiger partial charge on any atom is -0.349 e. The van der Waals surface area contributed by atoms with E-state index >= 15 is 0 Å². The summed E-state index contributed by atoms with van der Waals surface area (Å²) in [6, 6.07) is 0. The molecule has 2 aliphatic rings. The molecule has 1 aliphatic heterocycles. The first-order valence-electron chi connectivity index (χ1n) is 6.59. The van der Waals surface area contributed by atoms with Crippen molar-refractivity contribution in [3.05, 3.63) is 16.1 Å². The van der Waals surface area contributed by atoms with Gasteiger partial charge in [-0.25, -0.2) is 4.98 Å². The van der Waals surface area contributed by atoms with Crippen LogP contribution in [0.25, 0.3) is 0 Å². The highest BCUT2D eigenvalue weighted by atomic mass is 32.1. The number of nitrogens with zero attached hydrogens (tertiary/aromatic N) is 1. The van der Waals surface area contributed by atoms with Gasteiger partial charge in [0.05, 0.1) is 6.54 Å². The molecule has 1 atom stereocenters. The van der Waals surface area contributed by atoms with E-state index in [9.17, 15) is 4.79 Å². The third-order valence-corrected chi connectivity index (χ3v) is 5.15. The van der Waals surface area contributed by atoms with Gasteiger partial charge >= 0.3 is 0 Å². The second-order valence-corrected chi connectivity index (χ2v) is 6.41. The minimum absolute atomic E-state index is 0.227. The molecule has 2 heterocycles. The SMILES string of the molecule is Cc1csc(CNC(=O)C2CC23CCNCC3)n1. The molecule has 0 bridgehead atoms. The Morgan fingerprint density at radius 1 is 1.61 bits per heavy atom. The summed E-state index contributed by atoms with van der Waals surface area (Å²) < 4.78 is 0. The summed E-state index contributed by atoms with van der Waals surface area (Å²) in [7, 11) is 0. The number of rotatable bonds is 3. The molecule has 2 N–H and O–H groups in total. The summed E-state index contributed by atoms with van der Waals surface area (Å²) in [5.74, 6) is 0.477. The summed E-state index contributed by atoms with van der Waals surface area (Å²) in [6.07, 6.45) is 3.39. The van der Waals surface area contributed by atoms with Crippen molar-refractivity contribution in [3.63, 3.8) is 0 Å². The molecule has 98 valence electrons. The number of thiazole rings is 1. The molecule has 4 nitrogen and oxygen atoms in total. The van der Waals surface area contributed by atoms with Crippen molar-refractivity contribution in [1.29, 1.82) is 0 Å². The van der Waals surface area contributed by atoms with E-state index in [1.807, 2.05) is 12.3 Å². The van der Waals surface area contributed by atoms with Crippen molar-refractivity contribution in [1.82, 2.24) is 15.6 Å². The number of piperidine rings is 1. The molecule has 1 aliphatic carbocycles. The Bertz CT molecular complexity index is 451. The van der Waals surface area contributed by atoms with Gasteiger partial charge in [-0.1, -0.05) is 0 Å². The highest BCUT2D eigenvalue weighted by Gasteiger charge is 2.57. The predicted octanol–water partition coefficient (Wildman–Crippen LogP) is 1.46. The molecular weight excluding hydrogens is 246 g/mol. The molecule has 1 saturated heterocycles. The molecule has 1 amide bonds. The Morgan fingerprint density at radius 3 is 3.06 bits per heavy atom. The van der Waals surface area contributed by atoms with Crippen LogP contribution in [-0.2, 0) is 11.3 Å². The van der Waals surface area contributed by atoms with Crippen LogP contribution in [0.4, 0.5) is 0 Å². The standard InChI is InChI=1S/C13H19N3OS/c1-9-8-18-11(16-9)7-15-12(17)10-6-13(10)2-4-14-5-3-13/h8,10,14H,2-7H2,1H3,(H,15,17). The van der Waals surface area contributed by atoms with Gasteiger partial charge in [-0.3, -0.25) is 4.79 Å². The molecule has 1 aromatic rings. The van der Waals surface area contributed by atoms with Gasteiger partial charge in [0.2, 0.25) is 5.91 Å². The van der Waals surface area contributed by atoms with Gasteiger partial charge in [-0.15, -0.1) is 11.3 Å². The van der Waals surface area contributed by atoms with Gasteiger partial charge in [0.15, 0.2) is 0 Å². The minimum atomic E-state index is 0.227. The van der Waals surface area contributed by atoms with Crippen molar-refractivity contribution in [2.75, 3.05) is 13.1 Å². The average Bonchev–Trinajstić information content (AvgIpc) is 2.89. The molecular formula is C13H19N3OS. The van der Waals surface area contributed by atoms with E-state index in [2.05, 4.69) is 15.6 Å². The van der Waals surface area contributed by atoms with E-state index in [1.165, 1.54) is 0 Å². The van der Waals surface area contributed by atoms with E-state index in [1.54, 1.807) is 11.3 Å². The van der Waals surface area contributed by atoms with E-state index in [-0.39, 0.29) is 11.8 Å². The quantitative estimate of drug-likeness (QED) is 0.870. The van der Waals surface area contributed by atoms with Gasteiger partial charge in [0.1, 0.15) is 5.01 Å². The highest BCUT2D eigenvalue weighted by Crippen LogP contribution is 2.58. The molecule has 2 fully saturated rings. The maximum absolute atomic E-state index is 12.1. The first kappa shape index (κ1) is 12.1. The summed E-state index contributed by atoms with van der Waals surface area (Å²) in [6.45, 7) is 4.69. The van der Waals surface area contributed by atoms with Gasteiger partial charge < -0.3 is 10.6 Å². The Hall–Kier alpha value is -0.940. The first-order valence-corrected chi connectivity index (χ1v) is 7.47. The van der Waals surface area contributed by atoms with E-state index in [4.69, 9.17) is 0 Å². The lowest BCUT2D eigenvalue weighted by molar-refractivity contribution is -0.123. The number of aryl methyl sites for hydroxylation is 1. The molecule has 1 unspecified atom stereocenters. The average molecular weight is 265 g/mol. The summed E-state index contributed by atoms with van der Waals surface area (Å²) in [4.78, 5) is 16.5. The zero-order valence-corrected chi connectivity index (χ0v) is 11.5. The third kappa shape index (κ3) is 2.29. The smallest absolute Gasteiger partial charge is 0.224 e. The van der Waals surface area contributed by atoms with E-state index < -0.39 is 0 Å². The lowest BCUT2D eigenvalue weighted by atomic mass is 9.92. The van der Waals surface area contributed by atoms with Crippen molar-refractivity contribution in [2.45, 2.75) is 32.7 Å². The molecule has 1 saturated carbocycles. The lowest BCUT2D eigenvalue weighted by Gasteiger charge is -2.23. The molecule has 0 radical (unpaired) electrons. The van der Waals surface area contributed by atoms with Crippen molar-refractivity contribution < 1.29 is 4.79 Å². The van der Waals surface area contributed by atoms with Crippen LogP contribution in [0.1, 0.15) is 30.0 Å². The topological polar surface area (TPSA) is 54.0 Å². The summed E-state index contributed by atoms with van der Waals surface area (Å²) >= 11 is 1.61. The first-order chi connectivity index (χ1) is 8.70. The number of hydrogen-bond acceptors (Lipinski definition) is 4. The molecule has 1 spiro atoms. The van der Waals surface area contributed by atoms with Crippen molar-refractivity contribution >= 4 is 17.2 Å². The fraction of sp³-hybridized carbons (Fsp3) is 0.692. The van der Waals surface area contributed by atoms with Crippen LogP contribution in [0.15, 0.2) is 5.38 Å². The van der Waals surface area contributed by atoms with Crippen molar-refractivity contribution in [3.8, 4) is 0 Å². The molecule has 0 aromatic carbocycles. The van der Waals surface area contributed by atoms with Crippen molar-refractivity contribution in [2.24, 2.45) is 11.3 Å². The van der Waals surface area contributed by atoms with Gasteiger partial charge in [0, 0.05) is 17.0 Å². The Labute approximate surface area is 111 Å². The largest absolute Gasteiger partial charge is 0.349 e. The number of nitrogens with one attached hydrogen (secondary N) is 2. The maximum Gasteiger partial charge on any atom is 0.224 e. The zero-order chi connectivity index (χ0) is 12.6. The summed E-state index contributed by atoms with van der Waals surface area (Å²) in [5.41, 5.74) is 1.36. The molecule has 3 rings (SSSR count). The Balaban J connectivity index is 1.51. The van der Waals surface area contributed by atoms with Crippen LogP contribution in [0.5, 0.6) is 0 Å². The van der Waals surface area contributed by atoms with Crippen LogP contribution in [0, 0.1) is 18.3 Å². The summed E-state index contributed by atoms with van der Waals surface area (Å²) in [5, 5.41) is 9.42. The van der Waals surface area contributed by atoms with E-state index in [0.29, 0.717) is 12.0 Å². The predicted molar refractivity (Wildman–Crippen MR) is 71.3 cm³/mol. The number of amides is 1.